The zero-order chi connectivity index (χ0) is 17.4. The SMILES string of the molecule is CS(=O)(=O)c1cn[nH]c1C1CCCN(Cc2cccc3[nH]ccc23)C1. The second-order valence-corrected chi connectivity index (χ2v) is 8.83. The standard InChI is InChI=1S/C18H22N4O2S/c1-25(23,24)17-10-20-21-18(17)14-5-3-9-22(12-14)11-13-4-2-6-16-15(13)7-8-19-16/h2,4,6-8,10,14,19H,3,5,9,11-12H2,1H3,(H,20,21). The molecule has 1 saturated heterocycles. The van der Waals surface area contributed by atoms with Gasteiger partial charge < -0.3 is 4.98 Å². The van der Waals surface area contributed by atoms with E-state index >= 15 is 0 Å². The first-order valence-corrected chi connectivity index (χ1v) is 10.4. The number of aromatic amines is 2. The van der Waals surface area contributed by atoms with Crippen molar-refractivity contribution >= 4 is 20.7 Å². The van der Waals surface area contributed by atoms with E-state index in [0.29, 0.717) is 4.90 Å². The van der Waals surface area contributed by atoms with Gasteiger partial charge in [0.05, 0.1) is 11.9 Å². The highest BCUT2D eigenvalue weighted by Gasteiger charge is 2.27. The van der Waals surface area contributed by atoms with Crippen molar-refractivity contribution in [3.63, 3.8) is 0 Å². The van der Waals surface area contributed by atoms with E-state index in [1.54, 1.807) is 0 Å². The molecule has 0 amide bonds. The predicted molar refractivity (Wildman–Crippen MR) is 97.2 cm³/mol. The van der Waals surface area contributed by atoms with E-state index in [4.69, 9.17) is 0 Å². The third-order valence-electron chi connectivity index (χ3n) is 5.02. The molecule has 3 aromatic rings. The highest BCUT2D eigenvalue weighted by atomic mass is 32.2. The lowest BCUT2D eigenvalue weighted by molar-refractivity contribution is 0.198. The smallest absolute Gasteiger partial charge is 0.178 e. The molecule has 1 unspecified atom stereocenters. The number of sulfone groups is 1. The van der Waals surface area contributed by atoms with E-state index < -0.39 is 9.84 Å². The van der Waals surface area contributed by atoms with Crippen LogP contribution in [0.5, 0.6) is 0 Å². The van der Waals surface area contributed by atoms with Crippen LogP contribution < -0.4 is 0 Å². The van der Waals surface area contributed by atoms with Crippen LogP contribution in [0, 0.1) is 0 Å². The highest BCUT2D eigenvalue weighted by molar-refractivity contribution is 7.90. The first-order chi connectivity index (χ1) is 12.0. The Bertz CT molecular complexity index is 989. The Morgan fingerprint density at radius 1 is 1.32 bits per heavy atom. The summed E-state index contributed by atoms with van der Waals surface area (Å²) < 4.78 is 23.9. The molecule has 1 aromatic carbocycles. The van der Waals surface area contributed by atoms with Crippen molar-refractivity contribution in [1.29, 1.82) is 0 Å². The van der Waals surface area contributed by atoms with Gasteiger partial charge in [0, 0.05) is 42.4 Å². The van der Waals surface area contributed by atoms with Gasteiger partial charge in [0.15, 0.2) is 9.84 Å². The van der Waals surface area contributed by atoms with Crippen molar-refractivity contribution in [3.8, 4) is 0 Å². The second-order valence-electron chi connectivity index (χ2n) is 6.85. The molecule has 2 N–H and O–H groups in total. The molecule has 0 radical (unpaired) electrons. The minimum atomic E-state index is -3.25. The van der Waals surface area contributed by atoms with Gasteiger partial charge in [-0.2, -0.15) is 5.10 Å². The topological polar surface area (TPSA) is 81.8 Å². The molecular formula is C18H22N4O2S. The average Bonchev–Trinajstić information content (AvgIpc) is 3.24. The number of benzene rings is 1. The fourth-order valence-corrected chi connectivity index (χ4v) is 4.69. The molecule has 0 bridgehead atoms. The van der Waals surface area contributed by atoms with Crippen LogP contribution in [0.4, 0.5) is 0 Å². The third-order valence-corrected chi connectivity index (χ3v) is 6.15. The third kappa shape index (κ3) is 3.21. The predicted octanol–water partition coefficient (Wildman–Crippen LogP) is 2.67. The Hall–Kier alpha value is -2.12. The minimum Gasteiger partial charge on any atom is -0.361 e. The number of likely N-dealkylation sites (tertiary alicyclic amines) is 1. The summed E-state index contributed by atoms with van der Waals surface area (Å²) in [6, 6.07) is 8.44. The number of hydrogen-bond acceptors (Lipinski definition) is 4. The van der Waals surface area contributed by atoms with E-state index in [9.17, 15) is 8.42 Å². The van der Waals surface area contributed by atoms with E-state index in [1.165, 1.54) is 23.4 Å². The summed E-state index contributed by atoms with van der Waals surface area (Å²) in [7, 11) is -3.25. The summed E-state index contributed by atoms with van der Waals surface area (Å²) in [4.78, 5) is 6.00. The molecule has 0 saturated carbocycles. The Kier molecular flexibility index (Phi) is 4.13. The zero-order valence-corrected chi connectivity index (χ0v) is 15.0. The number of aromatic nitrogens is 3. The number of nitrogens with one attached hydrogen (secondary N) is 2. The molecular weight excluding hydrogens is 336 g/mol. The van der Waals surface area contributed by atoms with Crippen LogP contribution in [0.15, 0.2) is 41.6 Å². The summed E-state index contributed by atoms with van der Waals surface area (Å²) in [5, 5.41) is 8.16. The number of piperidine rings is 1. The van der Waals surface area contributed by atoms with Crippen LogP contribution in [-0.2, 0) is 16.4 Å². The highest BCUT2D eigenvalue weighted by Crippen LogP contribution is 2.31. The van der Waals surface area contributed by atoms with Crippen molar-refractivity contribution in [2.75, 3.05) is 19.3 Å². The van der Waals surface area contributed by atoms with Crippen LogP contribution in [-0.4, -0.2) is 47.8 Å². The molecule has 7 heteroatoms. The fourth-order valence-electron chi connectivity index (χ4n) is 3.84. The lowest BCUT2D eigenvalue weighted by Gasteiger charge is -2.32. The van der Waals surface area contributed by atoms with Crippen LogP contribution >= 0.6 is 0 Å². The van der Waals surface area contributed by atoms with Gasteiger partial charge in [-0.15, -0.1) is 0 Å². The number of H-pyrrole nitrogens is 2. The summed E-state index contributed by atoms with van der Waals surface area (Å²) in [6.45, 7) is 2.74. The molecule has 1 aliphatic heterocycles. The van der Waals surface area contributed by atoms with Gasteiger partial charge in [-0.05, 0) is 37.1 Å². The molecule has 6 nitrogen and oxygen atoms in total. The molecule has 25 heavy (non-hydrogen) atoms. The molecule has 0 spiro atoms. The maximum Gasteiger partial charge on any atom is 0.178 e. The molecule has 1 fully saturated rings. The number of hydrogen-bond donors (Lipinski definition) is 2. The van der Waals surface area contributed by atoms with Crippen molar-refractivity contribution in [2.24, 2.45) is 0 Å². The van der Waals surface area contributed by atoms with Crippen molar-refractivity contribution in [3.05, 3.63) is 47.9 Å². The van der Waals surface area contributed by atoms with Crippen LogP contribution in [0.3, 0.4) is 0 Å². The summed E-state index contributed by atoms with van der Waals surface area (Å²) in [6.07, 6.45) is 6.68. The molecule has 3 heterocycles. The van der Waals surface area contributed by atoms with Gasteiger partial charge in [-0.25, -0.2) is 8.42 Å². The van der Waals surface area contributed by atoms with Crippen molar-refractivity contribution in [2.45, 2.75) is 30.2 Å². The molecule has 132 valence electrons. The van der Waals surface area contributed by atoms with Gasteiger partial charge in [0.1, 0.15) is 4.90 Å². The first-order valence-electron chi connectivity index (χ1n) is 8.53. The van der Waals surface area contributed by atoms with Crippen LogP contribution in [0.2, 0.25) is 0 Å². The van der Waals surface area contributed by atoms with Gasteiger partial charge in [-0.3, -0.25) is 10.00 Å². The molecule has 4 rings (SSSR count). The number of fused-ring (bicyclic) bond motifs is 1. The maximum atomic E-state index is 12.0. The molecule has 0 aliphatic carbocycles. The summed E-state index contributed by atoms with van der Waals surface area (Å²) >= 11 is 0. The lowest BCUT2D eigenvalue weighted by atomic mass is 9.94. The van der Waals surface area contributed by atoms with E-state index in [2.05, 4.69) is 44.3 Å². The van der Waals surface area contributed by atoms with Gasteiger partial charge in [-0.1, -0.05) is 12.1 Å². The van der Waals surface area contributed by atoms with Gasteiger partial charge >= 0.3 is 0 Å². The Morgan fingerprint density at radius 3 is 3.04 bits per heavy atom. The quantitative estimate of drug-likeness (QED) is 0.751. The molecule has 1 atom stereocenters. The summed E-state index contributed by atoms with van der Waals surface area (Å²) in [5.74, 6) is 0.173. The second kappa shape index (κ2) is 6.31. The first kappa shape index (κ1) is 16.4. The monoisotopic (exact) mass is 358 g/mol. The largest absolute Gasteiger partial charge is 0.361 e. The normalized spacial score (nSPS) is 19.5. The minimum absolute atomic E-state index is 0.173. The molecule has 2 aromatic heterocycles. The van der Waals surface area contributed by atoms with E-state index in [1.807, 2.05) is 6.20 Å². The Balaban J connectivity index is 1.56. The number of rotatable bonds is 4. The van der Waals surface area contributed by atoms with Gasteiger partial charge in [0.2, 0.25) is 0 Å². The fraction of sp³-hybridized carbons (Fsp3) is 0.389. The van der Waals surface area contributed by atoms with E-state index in [0.717, 1.165) is 43.7 Å². The van der Waals surface area contributed by atoms with E-state index in [-0.39, 0.29) is 5.92 Å². The van der Waals surface area contributed by atoms with Gasteiger partial charge in [0.25, 0.3) is 0 Å². The average molecular weight is 358 g/mol. The van der Waals surface area contributed by atoms with Crippen molar-refractivity contribution in [1.82, 2.24) is 20.1 Å². The number of nitrogens with zero attached hydrogens (tertiary/aromatic N) is 2. The zero-order valence-electron chi connectivity index (χ0n) is 14.2. The van der Waals surface area contributed by atoms with Crippen LogP contribution in [0.1, 0.15) is 30.0 Å². The Morgan fingerprint density at radius 2 is 2.20 bits per heavy atom. The lowest BCUT2D eigenvalue weighted by Crippen LogP contribution is -2.34. The molecule has 1 aliphatic rings. The maximum absolute atomic E-state index is 12.0. The van der Waals surface area contributed by atoms with Crippen LogP contribution in [0.25, 0.3) is 10.9 Å². The van der Waals surface area contributed by atoms with Crippen molar-refractivity contribution < 1.29 is 8.42 Å². The summed E-state index contributed by atoms with van der Waals surface area (Å²) in [5.41, 5.74) is 3.21. The Labute approximate surface area is 147 Å².